The van der Waals surface area contributed by atoms with Crippen LogP contribution in [-0.4, -0.2) is 21.8 Å². The van der Waals surface area contributed by atoms with Crippen molar-refractivity contribution in [2.24, 2.45) is 0 Å². The van der Waals surface area contributed by atoms with E-state index in [1.807, 2.05) is 34.9 Å². The van der Waals surface area contributed by atoms with Gasteiger partial charge >= 0.3 is 0 Å². The van der Waals surface area contributed by atoms with Gasteiger partial charge in [-0.15, -0.1) is 0 Å². The molecule has 0 fully saturated rings. The fourth-order valence-corrected chi connectivity index (χ4v) is 2.31. The number of methoxy groups -OCH3 is 1. The number of rotatable bonds is 5. The lowest BCUT2D eigenvalue weighted by atomic mass is 10.3. The normalized spacial score (nSPS) is 10.9. The molecule has 0 aliphatic carbocycles. The molecule has 0 N–H and O–H groups in total. The summed E-state index contributed by atoms with van der Waals surface area (Å²) in [4.78, 5) is 4.50. The van der Waals surface area contributed by atoms with E-state index in [0.717, 1.165) is 22.6 Å². The Labute approximate surface area is 121 Å². The van der Waals surface area contributed by atoms with Crippen molar-refractivity contribution in [3.8, 4) is 6.07 Å². The quantitative estimate of drug-likeness (QED) is 0.717. The number of aromatic nitrogens is 3. The molecule has 0 aliphatic rings. The first-order valence-corrected chi connectivity index (χ1v) is 6.56. The minimum absolute atomic E-state index is 0.261. The van der Waals surface area contributed by atoms with Crippen molar-refractivity contribution in [2.45, 2.75) is 19.6 Å². The summed E-state index contributed by atoms with van der Waals surface area (Å²) in [6.45, 7) is 0.910. The molecule has 0 amide bonds. The number of nitrogens with zero attached hydrogens (tertiary/aromatic N) is 4. The second kappa shape index (κ2) is 5.77. The molecule has 2 heterocycles. The summed E-state index contributed by atoms with van der Waals surface area (Å²) in [6, 6.07) is 11.8. The fourth-order valence-electron chi connectivity index (χ4n) is 2.31. The van der Waals surface area contributed by atoms with E-state index in [1.54, 1.807) is 7.11 Å². The maximum Gasteiger partial charge on any atom is 0.162 e. The molecule has 0 radical (unpaired) electrons. The monoisotopic (exact) mass is 282 g/mol. The van der Waals surface area contributed by atoms with Crippen LogP contribution in [0.1, 0.15) is 17.3 Å². The molecule has 106 valence electrons. The minimum atomic E-state index is 0.261. The third kappa shape index (κ3) is 2.64. The van der Waals surface area contributed by atoms with Gasteiger partial charge in [0.05, 0.1) is 30.1 Å². The van der Waals surface area contributed by atoms with Crippen molar-refractivity contribution >= 4 is 11.0 Å². The van der Waals surface area contributed by atoms with E-state index in [2.05, 4.69) is 16.2 Å². The summed E-state index contributed by atoms with van der Waals surface area (Å²) >= 11 is 0. The molecule has 0 atom stereocenters. The van der Waals surface area contributed by atoms with Crippen molar-refractivity contribution in [3.05, 3.63) is 47.6 Å². The second-order valence-electron chi connectivity index (χ2n) is 4.66. The van der Waals surface area contributed by atoms with Crippen LogP contribution in [0.15, 0.2) is 34.9 Å². The van der Waals surface area contributed by atoms with Crippen molar-refractivity contribution in [2.75, 3.05) is 7.11 Å². The molecule has 2 aromatic heterocycles. The Morgan fingerprint density at radius 1 is 1.38 bits per heavy atom. The lowest BCUT2D eigenvalue weighted by molar-refractivity contribution is 0.155. The van der Waals surface area contributed by atoms with E-state index in [-0.39, 0.29) is 6.42 Å². The van der Waals surface area contributed by atoms with Crippen molar-refractivity contribution in [1.82, 2.24) is 14.7 Å². The Bertz CT molecular complexity index is 797. The molecule has 0 spiro atoms. The van der Waals surface area contributed by atoms with Crippen LogP contribution in [0.4, 0.5) is 0 Å². The lowest BCUT2D eigenvalue weighted by Crippen LogP contribution is -2.05. The van der Waals surface area contributed by atoms with Crippen LogP contribution in [0.25, 0.3) is 11.0 Å². The Morgan fingerprint density at radius 3 is 3.05 bits per heavy atom. The number of para-hydroxylation sites is 2. The van der Waals surface area contributed by atoms with E-state index in [4.69, 9.17) is 14.5 Å². The van der Waals surface area contributed by atoms with Gasteiger partial charge in [-0.05, 0) is 12.1 Å². The first-order chi connectivity index (χ1) is 10.3. The van der Waals surface area contributed by atoms with Crippen LogP contribution in [0.5, 0.6) is 0 Å². The molecule has 0 bridgehead atoms. The number of ether oxygens (including phenoxy) is 1. The van der Waals surface area contributed by atoms with Crippen molar-refractivity contribution in [3.63, 3.8) is 0 Å². The number of hydrogen-bond acceptors (Lipinski definition) is 5. The van der Waals surface area contributed by atoms with Gasteiger partial charge in [0.15, 0.2) is 5.76 Å². The molecule has 3 rings (SSSR count). The SMILES string of the molecule is COCc1cc(Cn2c(CC#N)nc3ccccc32)no1. The number of imidazole rings is 1. The molecule has 1 aromatic carbocycles. The van der Waals surface area contributed by atoms with Crippen LogP contribution in [0.2, 0.25) is 0 Å². The van der Waals surface area contributed by atoms with E-state index in [1.165, 1.54) is 0 Å². The fraction of sp³-hybridized carbons (Fsp3) is 0.267. The molecule has 0 unspecified atom stereocenters. The van der Waals surface area contributed by atoms with E-state index < -0.39 is 0 Å². The van der Waals surface area contributed by atoms with Gasteiger partial charge in [-0.25, -0.2) is 4.98 Å². The maximum atomic E-state index is 8.96. The number of benzene rings is 1. The van der Waals surface area contributed by atoms with E-state index in [0.29, 0.717) is 18.9 Å². The Kier molecular flexibility index (Phi) is 3.67. The van der Waals surface area contributed by atoms with E-state index >= 15 is 0 Å². The highest BCUT2D eigenvalue weighted by Crippen LogP contribution is 2.18. The van der Waals surface area contributed by atoms with Crippen LogP contribution in [0, 0.1) is 11.3 Å². The highest BCUT2D eigenvalue weighted by molar-refractivity contribution is 5.76. The third-order valence-corrected chi connectivity index (χ3v) is 3.19. The Morgan fingerprint density at radius 2 is 2.24 bits per heavy atom. The van der Waals surface area contributed by atoms with Gasteiger partial charge in [0.2, 0.25) is 0 Å². The van der Waals surface area contributed by atoms with Gasteiger partial charge in [0, 0.05) is 13.2 Å². The summed E-state index contributed by atoms with van der Waals surface area (Å²) in [5.74, 6) is 1.41. The van der Waals surface area contributed by atoms with Crippen molar-refractivity contribution < 1.29 is 9.26 Å². The summed E-state index contributed by atoms with van der Waals surface area (Å²) < 4.78 is 12.2. The largest absolute Gasteiger partial charge is 0.377 e. The molecule has 6 heteroatoms. The molecule has 6 nitrogen and oxygen atoms in total. The summed E-state index contributed by atoms with van der Waals surface area (Å²) in [5, 5.41) is 13.0. The topological polar surface area (TPSA) is 76.9 Å². The van der Waals surface area contributed by atoms with Gasteiger partial charge in [-0.1, -0.05) is 17.3 Å². The van der Waals surface area contributed by atoms with Crippen LogP contribution in [0.3, 0.4) is 0 Å². The van der Waals surface area contributed by atoms with Gasteiger partial charge in [-0.3, -0.25) is 0 Å². The summed E-state index contributed by atoms with van der Waals surface area (Å²) in [5.41, 5.74) is 2.65. The maximum absolute atomic E-state index is 8.96. The zero-order valence-electron chi connectivity index (χ0n) is 11.6. The average molecular weight is 282 g/mol. The number of nitriles is 1. The summed E-state index contributed by atoms with van der Waals surface area (Å²) in [7, 11) is 1.61. The molecular formula is C15H14N4O2. The lowest BCUT2D eigenvalue weighted by Gasteiger charge is -2.04. The third-order valence-electron chi connectivity index (χ3n) is 3.19. The van der Waals surface area contributed by atoms with Gasteiger partial charge in [0.1, 0.15) is 18.1 Å². The second-order valence-corrected chi connectivity index (χ2v) is 4.66. The molecule has 0 saturated heterocycles. The zero-order chi connectivity index (χ0) is 14.7. The Hall–Kier alpha value is -2.65. The predicted molar refractivity (Wildman–Crippen MR) is 75.4 cm³/mol. The highest BCUT2D eigenvalue weighted by Gasteiger charge is 2.12. The molecule has 3 aromatic rings. The summed E-state index contributed by atoms with van der Waals surface area (Å²) in [6.07, 6.45) is 0.261. The minimum Gasteiger partial charge on any atom is -0.377 e. The molecule has 21 heavy (non-hydrogen) atoms. The van der Waals surface area contributed by atoms with E-state index in [9.17, 15) is 0 Å². The standard InChI is InChI=1S/C15H14N4O2/c1-20-10-12-8-11(18-21-12)9-19-14-5-3-2-4-13(14)17-15(19)6-7-16/h2-5,8H,6,9-10H2,1H3. The van der Waals surface area contributed by atoms with Crippen LogP contribution in [-0.2, 0) is 24.3 Å². The van der Waals surface area contributed by atoms with Crippen LogP contribution >= 0.6 is 0 Å². The Balaban J connectivity index is 1.97. The predicted octanol–water partition coefficient (Wildman–Crippen LogP) is 2.29. The smallest absolute Gasteiger partial charge is 0.162 e. The first-order valence-electron chi connectivity index (χ1n) is 6.56. The zero-order valence-corrected chi connectivity index (χ0v) is 11.6. The van der Waals surface area contributed by atoms with Crippen LogP contribution < -0.4 is 0 Å². The number of hydrogen-bond donors (Lipinski definition) is 0. The molecule has 0 aliphatic heterocycles. The van der Waals surface area contributed by atoms with Gasteiger partial charge in [-0.2, -0.15) is 5.26 Å². The van der Waals surface area contributed by atoms with Crippen molar-refractivity contribution in [1.29, 1.82) is 5.26 Å². The van der Waals surface area contributed by atoms with Gasteiger partial charge < -0.3 is 13.8 Å². The van der Waals surface area contributed by atoms with Gasteiger partial charge in [0.25, 0.3) is 0 Å². The molecular weight excluding hydrogens is 268 g/mol. The average Bonchev–Trinajstić information content (AvgIpc) is 3.06. The first kappa shape index (κ1) is 13.3. The molecule has 0 saturated carbocycles. The number of fused-ring (bicyclic) bond motifs is 1. The highest BCUT2D eigenvalue weighted by atomic mass is 16.5.